The Morgan fingerprint density at radius 2 is 1.50 bits per heavy atom. The van der Waals surface area contributed by atoms with Crippen molar-refractivity contribution in [2.75, 3.05) is 16.9 Å². The summed E-state index contributed by atoms with van der Waals surface area (Å²) < 4.78 is 0. The molecule has 0 saturated heterocycles. The number of hydrazone groups is 1. The molecule has 4 rings (SSSR count). The maximum absolute atomic E-state index is 4.85. The Balaban J connectivity index is 1.74. The first kappa shape index (κ1) is 17.8. The highest BCUT2D eigenvalue weighted by molar-refractivity contribution is 5.96. The van der Waals surface area contributed by atoms with Crippen LogP contribution in [0.3, 0.4) is 0 Å². The Labute approximate surface area is 165 Å². The largest absolute Gasteiger partial charge is 0.385 e. The lowest BCUT2D eigenvalue weighted by molar-refractivity contribution is 1.10. The summed E-state index contributed by atoms with van der Waals surface area (Å²) in [6.45, 7) is 3.01. The molecular formula is C25H23N3. The minimum atomic E-state index is 0.913. The van der Waals surface area contributed by atoms with Crippen molar-refractivity contribution < 1.29 is 0 Å². The van der Waals surface area contributed by atoms with Crippen molar-refractivity contribution in [1.29, 1.82) is 0 Å². The van der Waals surface area contributed by atoms with Crippen LogP contribution in [-0.2, 0) is 0 Å². The van der Waals surface area contributed by atoms with Gasteiger partial charge in [-0.15, -0.1) is 0 Å². The summed E-state index contributed by atoms with van der Waals surface area (Å²) in [6, 6.07) is 33.3. The lowest BCUT2D eigenvalue weighted by atomic mass is 10.1. The predicted molar refractivity (Wildman–Crippen MR) is 121 cm³/mol. The van der Waals surface area contributed by atoms with Gasteiger partial charge in [0.2, 0.25) is 0 Å². The number of anilines is 3. The molecule has 28 heavy (non-hydrogen) atoms. The van der Waals surface area contributed by atoms with E-state index in [4.69, 9.17) is 5.10 Å². The summed E-state index contributed by atoms with van der Waals surface area (Å²) in [5.74, 6) is 0. The van der Waals surface area contributed by atoms with E-state index < -0.39 is 0 Å². The number of rotatable bonds is 6. The van der Waals surface area contributed by atoms with Crippen molar-refractivity contribution >= 4 is 34.0 Å². The van der Waals surface area contributed by atoms with Gasteiger partial charge in [-0.1, -0.05) is 66.7 Å². The molecule has 0 aliphatic carbocycles. The van der Waals surface area contributed by atoms with Crippen molar-refractivity contribution in [3.05, 3.63) is 103 Å². The van der Waals surface area contributed by atoms with Crippen LogP contribution in [0, 0.1) is 0 Å². The van der Waals surface area contributed by atoms with Crippen molar-refractivity contribution in [3.63, 3.8) is 0 Å². The normalized spacial score (nSPS) is 11.0. The van der Waals surface area contributed by atoms with E-state index in [0.717, 1.165) is 29.2 Å². The maximum Gasteiger partial charge on any atom is 0.0730 e. The fourth-order valence-corrected chi connectivity index (χ4v) is 3.25. The first-order chi connectivity index (χ1) is 13.8. The van der Waals surface area contributed by atoms with Crippen LogP contribution in [0.1, 0.15) is 12.5 Å². The lowest BCUT2D eigenvalue weighted by Gasteiger charge is -2.21. The molecule has 4 aromatic carbocycles. The third-order valence-electron chi connectivity index (χ3n) is 4.61. The van der Waals surface area contributed by atoms with Crippen LogP contribution < -0.4 is 10.3 Å². The second kappa shape index (κ2) is 8.40. The molecule has 0 radical (unpaired) electrons. The quantitative estimate of drug-likeness (QED) is 0.314. The zero-order chi connectivity index (χ0) is 19.2. The molecule has 0 atom stereocenters. The van der Waals surface area contributed by atoms with Gasteiger partial charge >= 0.3 is 0 Å². The van der Waals surface area contributed by atoms with Crippen LogP contribution in [0.4, 0.5) is 17.1 Å². The molecule has 4 aromatic rings. The molecule has 0 amide bonds. The maximum atomic E-state index is 4.85. The fourth-order valence-electron chi connectivity index (χ4n) is 3.25. The van der Waals surface area contributed by atoms with Gasteiger partial charge in [-0.25, -0.2) is 5.01 Å². The van der Waals surface area contributed by atoms with Crippen LogP contribution in [-0.4, -0.2) is 12.8 Å². The smallest absolute Gasteiger partial charge is 0.0730 e. The molecule has 0 heterocycles. The molecule has 0 saturated carbocycles. The first-order valence-corrected chi connectivity index (χ1v) is 9.56. The van der Waals surface area contributed by atoms with E-state index in [1.807, 2.05) is 29.4 Å². The van der Waals surface area contributed by atoms with E-state index >= 15 is 0 Å². The van der Waals surface area contributed by atoms with E-state index in [2.05, 4.69) is 91.1 Å². The Morgan fingerprint density at radius 1 is 0.786 bits per heavy atom. The number of hydrogen-bond acceptors (Lipinski definition) is 3. The van der Waals surface area contributed by atoms with Crippen molar-refractivity contribution in [1.82, 2.24) is 0 Å². The van der Waals surface area contributed by atoms with E-state index in [0.29, 0.717) is 0 Å². The van der Waals surface area contributed by atoms with Crippen LogP contribution >= 0.6 is 0 Å². The monoisotopic (exact) mass is 365 g/mol. The van der Waals surface area contributed by atoms with Gasteiger partial charge in [0.1, 0.15) is 0 Å². The van der Waals surface area contributed by atoms with E-state index in [1.165, 1.54) is 10.8 Å². The molecule has 138 valence electrons. The van der Waals surface area contributed by atoms with Crippen LogP contribution in [0.15, 0.2) is 102 Å². The number of nitrogens with zero attached hydrogens (tertiary/aromatic N) is 2. The molecule has 0 unspecified atom stereocenters. The standard InChI is InChI=1S/C25H23N3/c1-2-26-22-17-15-20(16-18-22)19-27-28(23-11-4-3-5-12-23)25-14-8-10-21-9-6-7-13-24(21)25/h3-19,26H,2H2,1H3. The summed E-state index contributed by atoms with van der Waals surface area (Å²) >= 11 is 0. The molecular weight excluding hydrogens is 342 g/mol. The summed E-state index contributed by atoms with van der Waals surface area (Å²) in [6.07, 6.45) is 1.91. The highest BCUT2D eigenvalue weighted by Gasteiger charge is 2.11. The zero-order valence-corrected chi connectivity index (χ0v) is 15.9. The Kier molecular flexibility index (Phi) is 5.34. The third kappa shape index (κ3) is 3.89. The molecule has 0 fully saturated rings. The summed E-state index contributed by atoms with van der Waals surface area (Å²) in [4.78, 5) is 0. The Hall–Kier alpha value is -3.59. The topological polar surface area (TPSA) is 27.6 Å². The van der Waals surface area contributed by atoms with Crippen molar-refractivity contribution in [2.24, 2.45) is 5.10 Å². The van der Waals surface area contributed by atoms with Gasteiger partial charge in [0.15, 0.2) is 0 Å². The molecule has 0 aliphatic rings. The number of fused-ring (bicyclic) bond motifs is 1. The van der Waals surface area contributed by atoms with Crippen molar-refractivity contribution in [2.45, 2.75) is 6.92 Å². The van der Waals surface area contributed by atoms with E-state index in [9.17, 15) is 0 Å². The highest BCUT2D eigenvalue weighted by atomic mass is 15.5. The van der Waals surface area contributed by atoms with E-state index in [-0.39, 0.29) is 0 Å². The molecule has 0 bridgehead atoms. The summed E-state index contributed by atoms with van der Waals surface area (Å²) in [5.41, 5.74) is 4.26. The fraction of sp³-hybridized carbons (Fsp3) is 0.0800. The predicted octanol–water partition coefficient (Wildman–Crippen LogP) is 6.44. The van der Waals surface area contributed by atoms with Gasteiger partial charge in [-0.05, 0) is 48.2 Å². The Morgan fingerprint density at radius 3 is 2.29 bits per heavy atom. The molecule has 0 aromatic heterocycles. The number of benzene rings is 4. The number of hydrogen-bond donors (Lipinski definition) is 1. The molecule has 0 spiro atoms. The minimum absolute atomic E-state index is 0.913. The van der Waals surface area contributed by atoms with E-state index in [1.54, 1.807) is 0 Å². The SMILES string of the molecule is CCNc1ccc(C=NN(c2ccccc2)c2cccc3ccccc23)cc1. The van der Waals surface area contributed by atoms with Crippen LogP contribution in [0.5, 0.6) is 0 Å². The van der Waals surface area contributed by atoms with Gasteiger partial charge < -0.3 is 5.32 Å². The second-order valence-electron chi connectivity index (χ2n) is 6.54. The Bertz CT molecular complexity index is 1060. The average molecular weight is 365 g/mol. The number of nitrogens with one attached hydrogen (secondary N) is 1. The molecule has 1 N–H and O–H groups in total. The zero-order valence-electron chi connectivity index (χ0n) is 15.9. The number of para-hydroxylation sites is 1. The van der Waals surface area contributed by atoms with Gasteiger partial charge in [0, 0.05) is 17.6 Å². The lowest BCUT2D eigenvalue weighted by Crippen LogP contribution is -2.10. The van der Waals surface area contributed by atoms with Gasteiger partial charge in [0.05, 0.1) is 17.6 Å². The van der Waals surface area contributed by atoms with Gasteiger partial charge in [0.25, 0.3) is 0 Å². The van der Waals surface area contributed by atoms with Crippen LogP contribution in [0.25, 0.3) is 10.8 Å². The first-order valence-electron chi connectivity index (χ1n) is 9.56. The summed E-state index contributed by atoms with van der Waals surface area (Å²) in [7, 11) is 0. The van der Waals surface area contributed by atoms with Crippen molar-refractivity contribution in [3.8, 4) is 0 Å². The highest BCUT2D eigenvalue weighted by Crippen LogP contribution is 2.32. The second-order valence-corrected chi connectivity index (χ2v) is 6.54. The van der Waals surface area contributed by atoms with Gasteiger partial charge in [-0.2, -0.15) is 5.10 Å². The molecule has 3 nitrogen and oxygen atoms in total. The molecule has 0 aliphatic heterocycles. The molecule has 3 heteroatoms. The third-order valence-corrected chi connectivity index (χ3v) is 4.61. The van der Waals surface area contributed by atoms with Crippen LogP contribution in [0.2, 0.25) is 0 Å². The minimum Gasteiger partial charge on any atom is -0.385 e. The summed E-state index contributed by atoms with van der Waals surface area (Å²) in [5, 5.41) is 12.5. The average Bonchev–Trinajstić information content (AvgIpc) is 2.76. The van der Waals surface area contributed by atoms with Gasteiger partial charge in [-0.3, -0.25) is 0 Å².